The van der Waals surface area contributed by atoms with Gasteiger partial charge in [0.2, 0.25) is 0 Å². The van der Waals surface area contributed by atoms with E-state index in [0.717, 1.165) is 17.9 Å². The van der Waals surface area contributed by atoms with Crippen molar-refractivity contribution in [2.75, 3.05) is 19.9 Å². The van der Waals surface area contributed by atoms with Crippen molar-refractivity contribution in [1.29, 1.82) is 0 Å². The Morgan fingerprint density at radius 3 is 2.45 bits per heavy atom. The van der Waals surface area contributed by atoms with E-state index in [1.165, 1.54) is 0 Å². The molecule has 0 aliphatic rings. The third kappa shape index (κ3) is 3.48. The van der Waals surface area contributed by atoms with Gasteiger partial charge in [0.1, 0.15) is 5.75 Å². The minimum atomic E-state index is -0.325. The zero-order valence-corrected chi connectivity index (χ0v) is 11.8. The Bertz CT molecular complexity index is 569. The molecule has 2 rings (SSSR count). The summed E-state index contributed by atoms with van der Waals surface area (Å²) in [7, 11) is 3.59. The number of ether oxygens (including phenoxy) is 1. The first kappa shape index (κ1) is 14.3. The Labute approximate surface area is 118 Å². The van der Waals surface area contributed by atoms with Crippen LogP contribution in [0.1, 0.15) is 11.1 Å². The number of anilines is 1. The molecule has 0 aliphatic carbocycles. The lowest BCUT2D eigenvalue weighted by molar-refractivity contribution is 0.313. The van der Waals surface area contributed by atoms with Crippen LogP contribution in [0.15, 0.2) is 42.5 Å². The molecule has 0 fully saturated rings. The summed E-state index contributed by atoms with van der Waals surface area (Å²) in [5.74, 6) is 0.507. The van der Waals surface area contributed by atoms with E-state index in [4.69, 9.17) is 10.5 Å². The first-order chi connectivity index (χ1) is 9.60. The number of nitrogen functional groups attached to an aromatic ring is 1. The van der Waals surface area contributed by atoms with Gasteiger partial charge in [0.25, 0.3) is 0 Å². The van der Waals surface area contributed by atoms with Gasteiger partial charge in [-0.15, -0.1) is 0 Å². The molecular formula is C16H19FN2O. The molecule has 0 bridgehead atoms. The standard InChI is InChI=1S/C16H19FN2O/c1-19(10-12-6-8-14(20-2)9-7-12)11-13-4-3-5-15(18)16(13)17/h3-9H,10-11,18H2,1-2H3. The molecule has 106 valence electrons. The predicted octanol–water partition coefficient (Wildman–Crippen LogP) is 3.05. The molecular weight excluding hydrogens is 255 g/mol. The van der Waals surface area contributed by atoms with E-state index in [1.807, 2.05) is 36.2 Å². The Hall–Kier alpha value is -2.07. The lowest BCUT2D eigenvalue weighted by Gasteiger charge is -2.17. The molecule has 2 N–H and O–H groups in total. The average Bonchev–Trinajstić information content (AvgIpc) is 2.45. The highest BCUT2D eigenvalue weighted by molar-refractivity contribution is 5.42. The minimum Gasteiger partial charge on any atom is -0.497 e. The van der Waals surface area contributed by atoms with Gasteiger partial charge in [0.05, 0.1) is 12.8 Å². The maximum atomic E-state index is 13.8. The van der Waals surface area contributed by atoms with Crippen molar-refractivity contribution < 1.29 is 9.13 Å². The third-order valence-electron chi connectivity index (χ3n) is 3.16. The Kier molecular flexibility index (Phi) is 4.58. The monoisotopic (exact) mass is 274 g/mol. The van der Waals surface area contributed by atoms with Crippen LogP contribution in [-0.2, 0) is 13.1 Å². The lowest BCUT2D eigenvalue weighted by atomic mass is 10.1. The molecule has 0 unspecified atom stereocenters. The van der Waals surface area contributed by atoms with Crippen molar-refractivity contribution >= 4 is 5.69 Å². The molecule has 0 spiro atoms. The predicted molar refractivity (Wildman–Crippen MR) is 79.0 cm³/mol. The van der Waals surface area contributed by atoms with Crippen molar-refractivity contribution in [2.45, 2.75) is 13.1 Å². The van der Waals surface area contributed by atoms with Crippen LogP contribution in [-0.4, -0.2) is 19.1 Å². The van der Waals surface area contributed by atoms with Crippen molar-refractivity contribution in [3.8, 4) is 5.75 Å². The van der Waals surface area contributed by atoms with Crippen LogP contribution in [0.3, 0.4) is 0 Å². The number of nitrogens with zero attached hydrogens (tertiary/aromatic N) is 1. The highest BCUT2D eigenvalue weighted by Crippen LogP contribution is 2.18. The van der Waals surface area contributed by atoms with Gasteiger partial charge in [0, 0.05) is 18.7 Å². The molecule has 20 heavy (non-hydrogen) atoms. The van der Waals surface area contributed by atoms with Crippen LogP contribution in [0.2, 0.25) is 0 Å². The van der Waals surface area contributed by atoms with Gasteiger partial charge in [-0.25, -0.2) is 4.39 Å². The van der Waals surface area contributed by atoms with Crippen molar-refractivity contribution in [2.24, 2.45) is 0 Å². The van der Waals surface area contributed by atoms with E-state index < -0.39 is 0 Å². The van der Waals surface area contributed by atoms with Crippen molar-refractivity contribution in [3.05, 3.63) is 59.4 Å². The van der Waals surface area contributed by atoms with Crippen LogP contribution in [0, 0.1) is 5.82 Å². The van der Waals surface area contributed by atoms with E-state index in [-0.39, 0.29) is 11.5 Å². The fraction of sp³-hybridized carbons (Fsp3) is 0.250. The molecule has 4 heteroatoms. The summed E-state index contributed by atoms with van der Waals surface area (Å²) >= 11 is 0. The number of hydrogen-bond donors (Lipinski definition) is 1. The van der Waals surface area contributed by atoms with Gasteiger partial charge in [0.15, 0.2) is 5.82 Å². The zero-order valence-electron chi connectivity index (χ0n) is 11.8. The highest BCUT2D eigenvalue weighted by atomic mass is 19.1. The summed E-state index contributed by atoms with van der Waals surface area (Å²) in [5, 5.41) is 0. The molecule has 0 aromatic heterocycles. The average molecular weight is 274 g/mol. The van der Waals surface area contributed by atoms with E-state index in [0.29, 0.717) is 12.1 Å². The van der Waals surface area contributed by atoms with Gasteiger partial charge < -0.3 is 10.5 Å². The molecule has 0 atom stereocenters. The van der Waals surface area contributed by atoms with Gasteiger partial charge in [-0.2, -0.15) is 0 Å². The van der Waals surface area contributed by atoms with E-state index in [1.54, 1.807) is 25.3 Å². The van der Waals surface area contributed by atoms with Crippen LogP contribution < -0.4 is 10.5 Å². The van der Waals surface area contributed by atoms with Crippen LogP contribution in [0.4, 0.5) is 10.1 Å². The molecule has 0 saturated carbocycles. The van der Waals surface area contributed by atoms with E-state index in [2.05, 4.69) is 0 Å². The zero-order chi connectivity index (χ0) is 14.5. The molecule has 0 heterocycles. The quantitative estimate of drug-likeness (QED) is 0.852. The molecule has 2 aromatic carbocycles. The molecule has 0 aliphatic heterocycles. The SMILES string of the molecule is COc1ccc(CN(C)Cc2cccc(N)c2F)cc1. The second-order valence-electron chi connectivity index (χ2n) is 4.84. The number of nitrogens with two attached hydrogens (primary N) is 1. The Morgan fingerprint density at radius 2 is 1.80 bits per heavy atom. The van der Waals surface area contributed by atoms with Crippen molar-refractivity contribution in [3.63, 3.8) is 0 Å². The summed E-state index contributed by atoms with van der Waals surface area (Å²) in [4.78, 5) is 2.04. The molecule has 0 radical (unpaired) electrons. The topological polar surface area (TPSA) is 38.5 Å². The fourth-order valence-electron chi connectivity index (χ4n) is 2.11. The summed E-state index contributed by atoms with van der Waals surface area (Å²) < 4.78 is 19.0. The fourth-order valence-corrected chi connectivity index (χ4v) is 2.11. The van der Waals surface area contributed by atoms with Gasteiger partial charge in [-0.05, 0) is 30.8 Å². The molecule has 2 aromatic rings. The van der Waals surface area contributed by atoms with E-state index in [9.17, 15) is 4.39 Å². The molecule has 0 saturated heterocycles. The number of rotatable bonds is 5. The van der Waals surface area contributed by atoms with Crippen LogP contribution in [0.25, 0.3) is 0 Å². The second-order valence-corrected chi connectivity index (χ2v) is 4.84. The van der Waals surface area contributed by atoms with Gasteiger partial charge in [-0.1, -0.05) is 24.3 Å². The van der Waals surface area contributed by atoms with E-state index >= 15 is 0 Å². The largest absolute Gasteiger partial charge is 0.497 e. The summed E-state index contributed by atoms with van der Waals surface area (Å²) in [6.07, 6.45) is 0. The number of halogens is 1. The Morgan fingerprint density at radius 1 is 1.10 bits per heavy atom. The third-order valence-corrected chi connectivity index (χ3v) is 3.16. The van der Waals surface area contributed by atoms with Gasteiger partial charge in [-0.3, -0.25) is 4.90 Å². The molecule has 3 nitrogen and oxygen atoms in total. The maximum Gasteiger partial charge on any atom is 0.150 e. The smallest absolute Gasteiger partial charge is 0.150 e. The minimum absolute atomic E-state index is 0.195. The summed E-state index contributed by atoms with van der Waals surface area (Å²) in [5.41, 5.74) is 7.53. The lowest BCUT2D eigenvalue weighted by Crippen LogP contribution is -2.18. The van der Waals surface area contributed by atoms with Crippen LogP contribution >= 0.6 is 0 Å². The normalized spacial score (nSPS) is 10.8. The number of hydrogen-bond acceptors (Lipinski definition) is 3. The molecule has 0 amide bonds. The number of methoxy groups -OCH3 is 1. The Balaban J connectivity index is 2.01. The first-order valence-electron chi connectivity index (χ1n) is 6.44. The van der Waals surface area contributed by atoms with Gasteiger partial charge >= 0.3 is 0 Å². The van der Waals surface area contributed by atoms with Crippen LogP contribution in [0.5, 0.6) is 5.75 Å². The highest BCUT2D eigenvalue weighted by Gasteiger charge is 2.08. The number of benzene rings is 2. The van der Waals surface area contributed by atoms with Crippen molar-refractivity contribution in [1.82, 2.24) is 4.90 Å². The summed E-state index contributed by atoms with van der Waals surface area (Å²) in [6.45, 7) is 1.25. The second kappa shape index (κ2) is 6.39. The summed E-state index contributed by atoms with van der Waals surface area (Å²) in [6, 6.07) is 13.0. The first-order valence-corrected chi connectivity index (χ1v) is 6.44. The maximum absolute atomic E-state index is 13.8.